The van der Waals surface area contributed by atoms with E-state index in [0.717, 1.165) is 34.7 Å². The molecule has 0 bridgehead atoms. The molecule has 0 aliphatic carbocycles. The van der Waals surface area contributed by atoms with Crippen LogP contribution in [0, 0.1) is 0 Å². The maximum atomic E-state index is 11.5. The molecule has 0 heterocycles. The van der Waals surface area contributed by atoms with Gasteiger partial charge in [-0.25, -0.2) is 4.79 Å². The summed E-state index contributed by atoms with van der Waals surface area (Å²) >= 11 is 0. The molecule has 4 nitrogen and oxygen atoms in total. The molecule has 3 rings (SSSR count). The second-order valence-electron chi connectivity index (χ2n) is 5.11. The van der Waals surface area contributed by atoms with Gasteiger partial charge in [-0.05, 0) is 27.6 Å². The van der Waals surface area contributed by atoms with E-state index < -0.39 is 11.8 Å². The van der Waals surface area contributed by atoms with Crippen LogP contribution in [0.15, 0.2) is 60.7 Å². The second-order valence-corrected chi connectivity index (χ2v) is 5.11. The third-order valence-electron chi connectivity index (χ3n) is 3.70. The molecule has 0 aromatic heterocycles. The van der Waals surface area contributed by atoms with Gasteiger partial charge in [0.15, 0.2) is 0 Å². The third-order valence-corrected chi connectivity index (χ3v) is 3.70. The van der Waals surface area contributed by atoms with Crippen LogP contribution in [0.2, 0.25) is 0 Å². The zero-order valence-electron chi connectivity index (χ0n) is 12.4. The molecule has 0 atom stereocenters. The predicted octanol–water partition coefficient (Wildman–Crippen LogP) is 3.63. The SMILES string of the molecule is COC(=O)C(=O)/C=C(\O)c1ccc2ccc3ccccc3c2c1. The summed E-state index contributed by atoms with van der Waals surface area (Å²) in [7, 11) is 1.12. The Morgan fingerprint density at radius 2 is 1.61 bits per heavy atom. The number of ether oxygens (including phenoxy) is 1. The molecular weight excluding hydrogens is 292 g/mol. The van der Waals surface area contributed by atoms with E-state index >= 15 is 0 Å². The Morgan fingerprint density at radius 1 is 0.957 bits per heavy atom. The van der Waals surface area contributed by atoms with Gasteiger partial charge in [0.2, 0.25) is 0 Å². The highest BCUT2D eigenvalue weighted by molar-refractivity contribution is 6.39. The summed E-state index contributed by atoms with van der Waals surface area (Å²) in [6.07, 6.45) is 0.873. The van der Waals surface area contributed by atoms with E-state index in [1.165, 1.54) is 0 Å². The number of ketones is 1. The molecule has 3 aromatic carbocycles. The Morgan fingerprint density at radius 3 is 2.35 bits per heavy atom. The molecule has 0 aliphatic heterocycles. The topological polar surface area (TPSA) is 63.6 Å². The van der Waals surface area contributed by atoms with Crippen LogP contribution >= 0.6 is 0 Å². The van der Waals surface area contributed by atoms with Crippen molar-refractivity contribution in [1.29, 1.82) is 0 Å². The Hall–Kier alpha value is -3.14. The van der Waals surface area contributed by atoms with E-state index in [2.05, 4.69) is 4.74 Å². The summed E-state index contributed by atoms with van der Waals surface area (Å²) in [5.41, 5.74) is 0.464. The number of aliphatic hydroxyl groups excluding tert-OH is 1. The van der Waals surface area contributed by atoms with Crippen molar-refractivity contribution in [3.63, 3.8) is 0 Å². The normalized spacial score (nSPS) is 11.6. The van der Waals surface area contributed by atoms with Crippen LogP contribution in [0.4, 0.5) is 0 Å². The fourth-order valence-corrected chi connectivity index (χ4v) is 2.53. The van der Waals surface area contributed by atoms with Crippen LogP contribution in [0.25, 0.3) is 27.3 Å². The maximum absolute atomic E-state index is 11.5. The van der Waals surface area contributed by atoms with Gasteiger partial charge in [0, 0.05) is 11.6 Å². The monoisotopic (exact) mass is 306 g/mol. The van der Waals surface area contributed by atoms with Gasteiger partial charge >= 0.3 is 5.97 Å². The third kappa shape index (κ3) is 2.79. The van der Waals surface area contributed by atoms with Crippen LogP contribution in [0.1, 0.15) is 5.56 Å². The van der Waals surface area contributed by atoms with Crippen LogP contribution in [-0.2, 0) is 14.3 Å². The fourth-order valence-electron chi connectivity index (χ4n) is 2.53. The first kappa shape index (κ1) is 14.8. The lowest BCUT2D eigenvalue weighted by molar-refractivity contribution is -0.149. The van der Waals surface area contributed by atoms with Gasteiger partial charge in [0.1, 0.15) is 5.76 Å². The summed E-state index contributed by atoms with van der Waals surface area (Å²) in [5, 5.41) is 14.2. The molecule has 0 fully saturated rings. The molecule has 0 saturated carbocycles. The summed E-state index contributed by atoms with van der Waals surface area (Å²) in [4.78, 5) is 22.7. The molecule has 0 aliphatic rings. The number of carbonyl (C=O) groups excluding carboxylic acids is 2. The van der Waals surface area contributed by atoms with Crippen molar-refractivity contribution >= 4 is 39.1 Å². The van der Waals surface area contributed by atoms with E-state index in [9.17, 15) is 14.7 Å². The van der Waals surface area contributed by atoms with Gasteiger partial charge in [-0.15, -0.1) is 0 Å². The van der Waals surface area contributed by atoms with Crippen molar-refractivity contribution in [3.05, 3.63) is 66.2 Å². The highest BCUT2D eigenvalue weighted by Gasteiger charge is 2.13. The first-order chi connectivity index (χ1) is 11.1. The van der Waals surface area contributed by atoms with Crippen molar-refractivity contribution in [2.24, 2.45) is 0 Å². The van der Waals surface area contributed by atoms with Gasteiger partial charge in [0.05, 0.1) is 7.11 Å². The number of carbonyl (C=O) groups is 2. The number of rotatable bonds is 3. The van der Waals surface area contributed by atoms with Crippen LogP contribution in [0.5, 0.6) is 0 Å². The van der Waals surface area contributed by atoms with E-state index in [4.69, 9.17) is 0 Å². The van der Waals surface area contributed by atoms with Crippen LogP contribution in [-0.4, -0.2) is 24.0 Å². The summed E-state index contributed by atoms with van der Waals surface area (Å²) in [6.45, 7) is 0. The van der Waals surface area contributed by atoms with Crippen molar-refractivity contribution in [2.75, 3.05) is 7.11 Å². The first-order valence-corrected chi connectivity index (χ1v) is 7.05. The Kier molecular flexibility index (Phi) is 3.81. The van der Waals surface area contributed by atoms with Crippen molar-refractivity contribution in [1.82, 2.24) is 0 Å². The zero-order chi connectivity index (χ0) is 16.4. The average molecular weight is 306 g/mol. The zero-order valence-corrected chi connectivity index (χ0v) is 12.4. The van der Waals surface area contributed by atoms with E-state index in [1.807, 2.05) is 42.5 Å². The molecule has 0 spiro atoms. The largest absolute Gasteiger partial charge is 0.507 e. The molecule has 0 unspecified atom stereocenters. The van der Waals surface area contributed by atoms with Gasteiger partial charge in [-0.2, -0.15) is 0 Å². The predicted molar refractivity (Wildman–Crippen MR) is 89.1 cm³/mol. The molecule has 4 heteroatoms. The molecule has 0 amide bonds. The highest BCUT2D eigenvalue weighted by atomic mass is 16.5. The molecule has 3 aromatic rings. The first-order valence-electron chi connectivity index (χ1n) is 7.05. The molecule has 1 N–H and O–H groups in total. The minimum atomic E-state index is -1.01. The lowest BCUT2D eigenvalue weighted by Gasteiger charge is -2.06. The number of fused-ring (bicyclic) bond motifs is 3. The molecule has 114 valence electrons. The average Bonchev–Trinajstić information content (AvgIpc) is 2.60. The standard InChI is InChI=1S/C19H14O4/c1-23-19(22)18(21)11-17(20)14-9-8-13-7-6-12-4-2-3-5-15(12)16(13)10-14/h2-11,20H,1H3/b17-11-. The van der Waals surface area contributed by atoms with E-state index in [0.29, 0.717) is 5.56 Å². The summed E-state index contributed by atoms with van der Waals surface area (Å²) < 4.78 is 4.33. The smallest absolute Gasteiger partial charge is 0.378 e. The number of hydrogen-bond acceptors (Lipinski definition) is 4. The molecule has 0 radical (unpaired) electrons. The van der Waals surface area contributed by atoms with E-state index in [-0.39, 0.29) is 5.76 Å². The number of benzene rings is 3. The summed E-state index contributed by atoms with van der Waals surface area (Å²) in [6, 6.07) is 17.3. The summed E-state index contributed by atoms with van der Waals surface area (Å²) in [5.74, 6) is -2.18. The quantitative estimate of drug-likeness (QED) is 0.264. The lowest BCUT2D eigenvalue weighted by Crippen LogP contribution is -2.13. The van der Waals surface area contributed by atoms with Gasteiger partial charge in [-0.1, -0.05) is 48.5 Å². The van der Waals surface area contributed by atoms with E-state index in [1.54, 1.807) is 12.1 Å². The Bertz CT molecular complexity index is 954. The maximum Gasteiger partial charge on any atom is 0.378 e. The number of hydrogen-bond donors (Lipinski definition) is 1. The highest BCUT2D eigenvalue weighted by Crippen LogP contribution is 2.27. The lowest BCUT2D eigenvalue weighted by atomic mass is 9.99. The Balaban J connectivity index is 2.12. The minimum Gasteiger partial charge on any atom is -0.507 e. The van der Waals surface area contributed by atoms with Gasteiger partial charge in [-0.3, -0.25) is 4.79 Å². The minimum absolute atomic E-state index is 0.268. The number of aliphatic hydroxyl groups is 1. The van der Waals surface area contributed by atoms with Crippen molar-refractivity contribution in [2.45, 2.75) is 0 Å². The van der Waals surface area contributed by atoms with Gasteiger partial charge in [0.25, 0.3) is 5.78 Å². The number of methoxy groups -OCH3 is 1. The van der Waals surface area contributed by atoms with Gasteiger partial charge < -0.3 is 9.84 Å². The van der Waals surface area contributed by atoms with Crippen molar-refractivity contribution in [3.8, 4) is 0 Å². The fraction of sp³-hybridized carbons (Fsp3) is 0.0526. The van der Waals surface area contributed by atoms with Crippen LogP contribution in [0.3, 0.4) is 0 Å². The second kappa shape index (κ2) is 5.93. The molecule has 0 saturated heterocycles. The molecule has 23 heavy (non-hydrogen) atoms. The number of esters is 1. The molecular formula is C19H14O4. The Labute approximate surface area is 132 Å². The van der Waals surface area contributed by atoms with Crippen LogP contribution < -0.4 is 0 Å². The van der Waals surface area contributed by atoms with Crippen molar-refractivity contribution < 1.29 is 19.4 Å².